The number of hydrogen-bond donors (Lipinski definition) is 2. The van der Waals surface area contributed by atoms with Crippen LogP contribution in [0.4, 0.5) is 0 Å². The van der Waals surface area contributed by atoms with Crippen molar-refractivity contribution in [1.82, 2.24) is 20.4 Å². The van der Waals surface area contributed by atoms with E-state index in [0.717, 1.165) is 64.2 Å². The Morgan fingerprint density at radius 1 is 0.925 bits per heavy atom. The molecule has 215 valence electrons. The number of benzene rings is 1. The van der Waals surface area contributed by atoms with Crippen molar-refractivity contribution < 1.29 is 19.2 Å². The zero-order chi connectivity index (χ0) is 27.8. The van der Waals surface area contributed by atoms with Crippen LogP contribution in [0.2, 0.25) is 0 Å². The highest BCUT2D eigenvalue weighted by atomic mass is 16.2. The molecule has 1 radical (unpaired) electrons. The van der Waals surface area contributed by atoms with Gasteiger partial charge in [0.25, 0.3) is 0 Å². The Balaban J connectivity index is 1.26. The van der Waals surface area contributed by atoms with Crippen molar-refractivity contribution in [3.8, 4) is 0 Å². The quantitative estimate of drug-likeness (QED) is 0.547. The van der Waals surface area contributed by atoms with Crippen LogP contribution in [-0.2, 0) is 25.6 Å². The van der Waals surface area contributed by atoms with Gasteiger partial charge in [-0.25, -0.2) is 0 Å². The Morgan fingerprint density at radius 3 is 2.45 bits per heavy atom. The van der Waals surface area contributed by atoms with Crippen LogP contribution in [0, 0.1) is 24.2 Å². The number of amides is 4. The fraction of sp³-hybridized carbons (Fsp3) is 0.656. The molecular weight excluding hydrogens is 504 g/mol. The van der Waals surface area contributed by atoms with Crippen molar-refractivity contribution >= 4 is 23.6 Å². The molecule has 8 nitrogen and oxygen atoms in total. The summed E-state index contributed by atoms with van der Waals surface area (Å²) in [6.45, 7) is 2.55. The predicted molar refractivity (Wildman–Crippen MR) is 151 cm³/mol. The second kappa shape index (κ2) is 11.5. The molecule has 0 spiro atoms. The Bertz CT molecular complexity index is 1140. The summed E-state index contributed by atoms with van der Waals surface area (Å²) in [4.78, 5) is 57.9. The van der Waals surface area contributed by atoms with Gasteiger partial charge >= 0.3 is 0 Å². The summed E-state index contributed by atoms with van der Waals surface area (Å²) in [6.07, 6.45) is 12.0. The summed E-state index contributed by atoms with van der Waals surface area (Å²) in [7, 11) is 0. The van der Waals surface area contributed by atoms with E-state index < -0.39 is 12.0 Å². The number of likely N-dealkylation sites (tertiary alicyclic amines) is 2. The fourth-order valence-electron chi connectivity index (χ4n) is 7.84. The number of nitrogens with zero attached hydrogens (tertiary/aromatic N) is 2. The van der Waals surface area contributed by atoms with Gasteiger partial charge in [0.1, 0.15) is 6.04 Å². The minimum atomic E-state index is -0.593. The third-order valence-corrected chi connectivity index (χ3v) is 10.1. The number of rotatable bonds is 7. The molecule has 40 heavy (non-hydrogen) atoms. The monoisotopic (exact) mass is 547 g/mol. The van der Waals surface area contributed by atoms with Crippen molar-refractivity contribution in [2.45, 2.75) is 102 Å². The van der Waals surface area contributed by atoms with Gasteiger partial charge in [-0.1, -0.05) is 50.5 Å². The second-order valence-corrected chi connectivity index (χ2v) is 12.6. The van der Waals surface area contributed by atoms with Crippen LogP contribution in [0.25, 0.3) is 0 Å². The molecule has 2 saturated heterocycles. The van der Waals surface area contributed by atoms with E-state index in [9.17, 15) is 19.2 Å². The van der Waals surface area contributed by atoms with Gasteiger partial charge in [-0.3, -0.25) is 19.2 Å². The van der Waals surface area contributed by atoms with Gasteiger partial charge in [0.05, 0.1) is 24.0 Å². The third-order valence-electron chi connectivity index (χ3n) is 10.1. The van der Waals surface area contributed by atoms with Crippen LogP contribution in [-0.4, -0.2) is 64.6 Å². The van der Waals surface area contributed by atoms with Crippen molar-refractivity contribution in [2.75, 3.05) is 13.1 Å². The molecule has 2 aliphatic heterocycles. The maximum atomic E-state index is 14.2. The van der Waals surface area contributed by atoms with Crippen LogP contribution in [0.5, 0.6) is 0 Å². The van der Waals surface area contributed by atoms with Gasteiger partial charge in [0.15, 0.2) is 0 Å². The zero-order valence-electron chi connectivity index (χ0n) is 23.6. The first-order chi connectivity index (χ1) is 19.5. The molecule has 1 aromatic rings. The van der Waals surface area contributed by atoms with Crippen LogP contribution in [0.15, 0.2) is 24.3 Å². The minimum absolute atomic E-state index is 0.0518. The van der Waals surface area contributed by atoms with Gasteiger partial charge < -0.3 is 20.4 Å². The summed E-state index contributed by atoms with van der Waals surface area (Å²) in [5.41, 5.74) is 2.46. The second-order valence-electron chi connectivity index (χ2n) is 12.6. The lowest BCUT2D eigenvalue weighted by Gasteiger charge is -2.36. The number of carbonyl (C=O) groups is 4. The standard InChI is InChI=1S/C32H43N4O4/c1-2-27(37)34-28(21-10-4-3-5-11-21)32(40)35-18-17-26-29(35)24(19-36(26)31(39)22-15-16-22)30(38)33-25-14-8-12-20-9-6-7-13-23(20)25/h2,6-7,9,13,21-22,24-26,28-29H,3-5,8,10-12,14-19H2,1H3,(H,33,38)(H,34,37). The molecule has 2 N–H and O–H groups in total. The Morgan fingerprint density at radius 2 is 1.70 bits per heavy atom. The molecule has 5 unspecified atom stereocenters. The molecule has 5 atom stereocenters. The lowest BCUT2D eigenvalue weighted by molar-refractivity contribution is -0.140. The van der Waals surface area contributed by atoms with E-state index >= 15 is 0 Å². The van der Waals surface area contributed by atoms with Gasteiger partial charge in [-0.15, -0.1) is 0 Å². The van der Waals surface area contributed by atoms with E-state index in [1.165, 1.54) is 17.5 Å². The summed E-state index contributed by atoms with van der Waals surface area (Å²) >= 11 is 0. The highest BCUT2D eigenvalue weighted by molar-refractivity contribution is 5.92. The average molecular weight is 548 g/mol. The SMILES string of the molecule is C[CH]C(=O)NC(C(=O)N1CCC2C1C(C(=O)NC1CCCc3ccccc31)CN2C(=O)C1CC1)C1CCCCC1. The van der Waals surface area contributed by atoms with Gasteiger partial charge in [-0.05, 0) is 68.4 Å². The number of nitrogens with one attached hydrogen (secondary N) is 2. The van der Waals surface area contributed by atoms with Crippen LogP contribution in [0.3, 0.4) is 0 Å². The molecule has 2 heterocycles. The number of fused-ring (bicyclic) bond motifs is 2. The predicted octanol–water partition coefficient (Wildman–Crippen LogP) is 3.31. The Labute approximate surface area is 237 Å². The largest absolute Gasteiger partial charge is 0.349 e. The van der Waals surface area contributed by atoms with Crippen molar-refractivity contribution in [1.29, 1.82) is 0 Å². The minimum Gasteiger partial charge on any atom is -0.349 e. The Hall–Kier alpha value is -2.90. The third kappa shape index (κ3) is 5.26. The molecule has 2 saturated carbocycles. The highest BCUT2D eigenvalue weighted by Crippen LogP contribution is 2.42. The van der Waals surface area contributed by atoms with Gasteiger partial charge in [0, 0.05) is 25.4 Å². The first-order valence-electron chi connectivity index (χ1n) is 15.5. The smallest absolute Gasteiger partial charge is 0.245 e. The van der Waals surface area contributed by atoms with Crippen LogP contribution in [0.1, 0.15) is 88.3 Å². The molecular formula is C32H43N4O4. The number of carbonyl (C=O) groups excluding carboxylic acids is 4. The summed E-state index contributed by atoms with van der Waals surface area (Å²) in [6, 6.07) is 7.16. The van der Waals surface area contributed by atoms with Crippen molar-refractivity contribution in [2.24, 2.45) is 17.8 Å². The molecule has 1 aromatic carbocycles. The molecule has 8 heteroatoms. The molecule has 4 fully saturated rings. The summed E-state index contributed by atoms with van der Waals surface area (Å²) in [5, 5.41) is 6.35. The average Bonchev–Trinajstić information content (AvgIpc) is 3.64. The molecule has 5 aliphatic rings. The lowest BCUT2D eigenvalue weighted by atomic mass is 9.83. The van der Waals surface area contributed by atoms with E-state index in [4.69, 9.17) is 0 Å². The van der Waals surface area contributed by atoms with Crippen LogP contribution >= 0.6 is 0 Å². The maximum absolute atomic E-state index is 14.2. The van der Waals surface area contributed by atoms with Gasteiger partial charge in [0.2, 0.25) is 23.6 Å². The Kier molecular flexibility index (Phi) is 7.87. The van der Waals surface area contributed by atoms with Crippen molar-refractivity contribution in [3.05, 3.63) is 41.8 Å². The van der Waals surface area contributed by atoms with E-state index in [1.54, 1.807) is 6.92 Å². The van der Waals surface area contributed by atoms with E-state index in [-0.39, 0.29) is 53.6 Å². The van der Waals surface area contributed by atoms with Crippen LogP contribution < -0.4 is 10.6 Å². The molecule has 3 aliphatic carbocycles. The van der Waals surface area contributed by atoms with Gasteiger partial charge in [-0.2, -0.15) is 0 Å². The van der Waals surface area contributed by atoms with E-state index in [1.807, 2.05) is 21.9 Å². The van der Waals surface area contributed by atoms with E-state index in [2.05, 4.69) is 22.8 Å². The molecule has 6 rings (SSSR count). The highest BCUT2D eigenvalue weighted by Gasteiger charge is 2.56. The summed E-state index contributed by atoms with van der Waals surface area (Å²) in [5.74, 6) is -0.567. The topological polar surface area (TPSA) is 98.8 Å². The first-order valence-corrected chi connectivity index (χ1v) is 15.5. The lowest BCUT2D eigenvalue weighted by Crippen LogP contribution is -2.56. The van der Waals surface area contributed by atoms with E-state index in [0.29, 0.717) is 19.5 Å². The van der Waals surface area contributed by atoms with Crippen molar-refractivity contribution in [3.63, 3.8) is 0 Å². The normalized spacial score (nSPS) is 28.9. The molecule has 4 amide bonds. The molecule has 0 aromatic heterocycles. The first kappa shape index (κ1) is 27.3. The number of hydrogen-bond acceptors (Lipinski definition) is 4. The fourth-order valence-corrected chi connectivity index (χ4v) is 7.84. The summed E-state index contributed by atoms with van der Waals surface area (Å²) < 4.78 is 0. The molecule has 0 bridgehead atoms. The zero-order valence-corrected chi connectivity index (χ0v) is 23.6. The number of aryl methyl sites for hydroxylation is 1. The maximum Gasteiger partial charge on any atom is 0.245 e.